The second-order valence-corrected chi connectivity index (χ2v) is 7.48. The van der Waals surface area contributed by atoms with Crippen LogP contribution in [0, 0.1) is 0 Å². The average molecular weight is 345 g/mol. The molecule has 0 aliphatic rings. The third-order valence-corrected chi connectivity index (χ3v) is 4.93. The highest BCUT2D eigenvalue weighted by atomic mass is 32.2. The van der Waals surface area contributed by atoms with Gasteiger partial charge in [-0.1, -0.05) is 44.2 Å². The number of esters is 1. The molecule has 5 nitrogen and oxygen atoms in total. The Morgan fingerprint density at radius 3 is 2.08 bits per heavy atom. The number of hydrogen-bond acceptors (Lipinski definition) is 4. The van der Waals surface area contributed by atoms with Crippen LogP contribution in [-0.4, -0.2) is 21.3 Å². The Morgan fingerprint density at radius 1 is 1.00 bits per heavy atom. The number of carbonyl (C=O) groups is 2. The summed E-state index contributed by atoms with van der Waals surface area (Å²) in [5, 5.41) is -0.0138. The average Bonchev–Trinajstić information content (AvgIpc) is 2.59. The number of primary amides is 1. The molecule has 2 aromatic rings. The molecule has 1 amide bonds. The van der Waals surface area contributed by atoms with Gasteiger partial charge in [-0.2, -0.15) is 0 Å². The van der Waals surface area contributed by atoms with Crippen LogP contribution in [0.15, 0.2) is 59.5 Å². The normalized spacial score (nSPS) is 13.3. The predicted octanol–water partition coefficient (Wildman–Crippen LogP) is 2.59. The van der Waals surface area contributed by atoms with Crippen LogP contribution < -0.4 is 5.73 Å². The summed E-state index contributed by atoms with van der Waals surface area (Å²) in [6.07, 6.45) is -1.15. The maximum atomic E-state index is 12.2. The van der Waals surface area contributed by atoms with Crippen molar-refractivity contribution in [3.8, 4) is 0 Å². The van der Waals surface area contributed by atoms with Crippen molar-refractivity contribution in [3.63, 3.8) is 0 Å². The monoisotopic (exact) mass is 345 g/mol. The van der Waals surface area contributed by atoms with E-state index < -0.39 is 28.8 Å². The third-order valence-electron chi connectivity index (χ3n) is 3.34. The summed E-state index contributed by atoms with van der Waals surface area (Å²) in [6.45, 7) is 3.71. The van der Waals surface area contributed by atoms with Crippen molar-refractivity contribution in [2.75, 3.05) is 0 Å². The van der Waals surface area contributed by atoms with Crippen LogP contribution >= 0.6 is 0 Å². The first-order chi connectivity index (χ1) is 11.4. The summed E-state index contributed by atoms with van der Waals surface area (Å²) in [4.78, 5) is 24.5. The van der Waals surface area contributed by atoms with Gasteiger partial charge in [-0.05, 0) is 24.3 Å². The zero-order valence-corrected chi connectivity index (χ0v) is 14.3. The molecule has 0 spiro atoms. The van der Waals surface area contributed by atoms with Crippen molar-refractivity contribution in [3.05, 3.63) is 65.7 Å². The van der Waals surface area contributed by atoms with Crippen molar-refractivity contribution in [1.82, 2.24) is 0 Å². The Morgan fingerprint density at radius 2 is 1.58 bits per heavy atom. The molecule has 0 aliphatic heterocycles. The van der Waals surface area contributed by atoms with Crippen LogP contribution in [-0.2, 0) is 20.3 Å². The van der Waals surface area contributed by atoms with Crippen LogP contribution in [0.2, 0.25) is 0 Å². The minimum Gasteiger partial charge on any atom is -0.444 e. The van der Waals surface area contributed by atoms with E-state index in [0.29, 0.717) is 10.5 Å². The second-order valence-electron chi connectivity index (χ2n) is 5.47. The summed E-state index contributed by atoms with van der Waals surface area (Å²) in [7, 11) is -1.13. The van der Waals surface area contributed by atoms with E-state index >= 15 is 0 Å². The highest BCUT2D eigenvalue weighted by molar-refractivity contribution is 7.85. The van der Waals surface area contributed by atoms with E-state index in [1.165, 1.54) is 12.1 Å². The molecule has 0 saturated carbocycles. The molecule has 0 fully saturated rings. The number of amides is 1. The second kappa shape index (κ2) is 7.88. The molecule has 6 heteroatoms. The van der Waals surface area contributed by atoms with Gasteiger partial charge in [0.15, 0.2) is 0 Å². The van der Waals surface area contributed by atoms with E-state index in [-0.39, 0.29) is 10.8 Å². The summed E-state index contributed by atoms with van der Waals surface area (Å²) >= 11 is 0. The predicted molar refractivity (Wildman–Crippen MR) is 91.8 cm³/mol. The summed E-state index contributed by atoms with van der Waals surface area (Å²) in [6, 6.07) is 14.9. The van der Waals surface area contributed by atoms with Crippen LogP contribution in [0.25, 0.3) is 0 Å². The molecule has 0 saturated heterocycles. The van der Waals surface area contributed by atoms with Crippen molar-refractivity contribution >= 4 is 22.7 Å². The largest absolute Gasteiger partial charge is 0.444 e. The summed E-state index contributed by atoms with van der Waals surface area (Å²) in [5.74, 6) is -1.41. The first-order valence-corrected chi connectivity index (χ1v) is 8.67. The lowest BCUT2D eigenvalue weighted by molar-refractivity contribution is -0.127. The molecule has 0 bridgehead atoms. The SMILES string of the molecule is CC(C)[S@@](=O)c1ccc(C(=O)O[C@@H](C(N)=O)c2ccccc2)cc1. The van der Waals surface area contributed by atoms with E-state index in [0.717, 1.165) is 0 Å². The third kappa shape index (κ3) is 4.29. The molecule has 0 radical (unpaired) electrons. The zero-order chi connectivity index (χ0) is 17.7. The molecule has 0 aromatic heterocycles. The number of ether oxygens (including phenoxy) is 1. The molecule has 0 unspecified atom stereocenters. The van der Waals surface area contributed by atoms with Gasteiger partial charge < -0.3 is 10.5 Å². The lowest BCUT2D eigenvalue weighted by Crippen LogP contribution is -2.26. The minimum atomic E-state index is -1.15. The first-order valence-electron chi connectivity index (χ1n) is 7.46. The van der Waals surface area contributed by atoms with Gasteiger partial charge in [0.1, 0.15) is 0 Å². The van der Waals surface area contributed by atoms with Crippen molar-refractivity contribution in [2.24, 2.45) is 5.73 Å². The summed E-state index contributed by atoms with van der Waals surface area (Å²) in [5.41, 5.74) is 6.11. The maximum absolute atomic E-state index is 12.2. The van der Waals surface area contributed by atoms with Gasteiger partial charge in [0, 0.05) is 15.7 Å². The Labute approximate surface area is 143 Å². The number of benzene rings is 2. The number of rotatable bonds is 6. The van der Waals surface area contributed by atoms with E-state index in [1.807, 2.05) is 13.8 Å². The van der Waals surface area contributed by atoms with Gasteiger partial charge in [0.2, 0.25) is 6.10 Å². The van der Waals surface area contributed by atoms with Gasteiger partial charge in [-0.25, -0.2) is 4.79 Å². The van der Waals surface area contributed by atoms with Crippen molar-refractivity contribution in [2.45, 2.75) is 30.1 Å². The van der Waals surface area contributed by atoms with Gasteiger partial charge in [-0.15, -0.1) is 0 Å². The van der Waals surface area contributed by atoms with Gasteiger partial charge in [-0.3, -0.25) is 9.00 Å². The van der Waals surface area contributed by atoms with Crippen LogP contribution in [0.1, 0.15) is 35.9 Å². The fourth-order valence-corrected chi connectivity index (χ4v) is 3.04. The van der Waals surface area contributed by atoms with E-state index in [1.54, 1.807) is 42.5 Å². The number of hydrogen-bond donors (Lipinski definition) is 1. The lowest BCUT2D eigenvalue weighted by atomic mass is 10.1. The molecule has 24 heavy (non-hydrogen) atoms. The van der Waals surface area contributed by atoms with Gasteiger partial charge >= 0.3 is 5.97 Å². The fourth-order valence-electron chi connectivity index (χ4n) is 2.09. The summed E-state index contributed by atoms with van der Waals surface area (Å²) < 4.78 is 17.3. The molecule has 2 N–H and O–H groups in total. The Hall–Kier alpha value is -2.47. The van der Waals surface area contributed by atoms with E-state index in [9.17, 15) is 13.8 Å². The Balaban J connectivity index is 2.16. The molecule has 0 heterocycles. The number of carbonyl (C=O) groups excluding carboxylic acids is 2. The number of nitrogens with two attached hydrogens (primary N) is 1. The fraction of sp³-hybridized carbons (Fsp3) is 0.222. The van der Waals surface area contributed by atoms with Crippen molar-refractivity contribution < 1.29 is 18.5 Å². The Bertz CT molecular complexity index is 741. The van der Waals surface area contributed by atoms with Crippen LogP contribution in [0.4, 0.5) is 0 Å². The highest BCUT2D eigenvalue weighted by Gasteiger charge is 2.23. The zero-order valence-electron chi connectivity index (χ0n) is 13.5. The van der Waals surface area contributed by atoms with E-state index in [4.69, 9.17) is 10.5 Å². The molecule has 126 valence electrons. The Kier molecular flexibility index (Phi) is 5.87. The molecule has 2 rings (SSSR count). The molecule has 2 atom stereocenters. The van der Waals surface area contributed by atoms with Crippen molar-refractivity contribution in [1.29, 1.82) is 0 Å². The standard InChI is InChI=1S/C18H19NO4S/c1-12(2)24(22)15-10-8-14(9-11-15)18(21)23-16(17(19)20)13-6-4-3-5-7-13/h3-12,16H,1-2H3,(H2,19,20)/t16-,24-/m1/s1. The molecule has 0 aliphatic carbocycles. The molecule has 2 aromatic carbocycles. The quantitative estimate of drug-likeness (QED) is 0.815. The molecular weight excluding hydrogens is 326 g/mol. The topological polar surface area (TPSA) is 86.5 Å². The minimum absolute atomic E-state index is 0.0138. The van der Waals surface area contributed by atoms with E-state index in [2.05, 4.69) is 0 Å². The lowest BCUT2D eigenvalue weighted by Gasteiger charge is -2.15. The molecular formula is C18H19NO4S. The van der Waals surface area contributed by atoms with Gasteiger partial charge in [0.05, 0.1) is 16.4 Å². The maximum Gasteiger partial charge on any atom is 0.339 e. The first kappa shape index (κ1) is 17.9. The smallest absolute Gasteiger partial charge is 0.339 e. The highest BCUT2D eigenvalue weighted by Crippen LogP contribution is 2.20. The van der Waals surface area contributed by atoms with Crippen LogP contribution in [0.5, 0.6) is 0 Å². The van der Waals surface area contributed by atoms with Crippen LogP contribution in [0.3, 0.4) is 0 Å². The van der Waals surface area contributed by atoms with Gasteiger partial charge in [0.25, 0.3) is 5.91 Å².